The minimum Gasteiger partial charge on any atom is -0.489 e. The minimum absolute atomic E-state index is 0.131. The third-order valence-corrected chi connectivity index (χ3v) is 3.16. The van der Waals surface area contributed by atoms with E-state index in [0.717, 1.165) is 12.1 Å². The van der Waals surface area contributed by atoms with Gasteiger partial charge in [0.2, 0.25) is 0 Å². The fraction of sp³-hybridized carbons (Fsp3) is 0.273. The van der Waals surface area contributed by atoms with E-state index in [-0.39, 0.29) is 22.4 Å². The van der Waals surface area contributed by atoms with Gasteiger partial charge in [-0.15, -0.1) is 0 Å². The maximum Gasteiger partial charge on any atom is 0.461 e. The minimum atomic E-state index is -4.70. The second-order valence-electron chi connectivity index (χ2n) is 3.49. The zero-order valence-electron chi connectivity index (χ0n) is 9.86. The van der Waals surface area contributed by atoms with Gasteiger partial charge in [-0.2, -0.15) is 17.6 Å². The van der Waals surface area contributed by atoms with Crippen molar-refractivity contribution in [1.29, 1.82) is 0 Å². The zero-order chi connectivity index (χ0) is 16.2. The summed E-state index contributed by atoms with van der Waals surface area (Å²) in [6, 6.07) is 2.25. The van der Waals surface area contributed by atoms with Crippen molar-refractivity contribution in [2.45, 2.75) is 12.5 Å². The Morgan fingerprint density at radius 2 is 1.76 bits per heavy atom. The van der Waals surface area contributed by atoms with E-state index in [0.29, 0.717) is 3.39 Å². The summed E-state index contributed by atoms with van der Waals surface area (Å²) in [7, 11) is 0. The summed E-state index contributed by atoms with van der Waals surface area (Å²) in [5.41, 5.74) is 0. The van der Waals surface area contributed by atoms with Gasteiger partial charge in [-0.1, -0.05) is 23.2 Å². The van der Waals surface area contributed by atoms with E-state index in [9.17, 15) is 17.6 Å². The molecule has 0 bridgehead atoms. The SMILES string of the molecule is FC(F)C(F)(F)Oc1c(Cl)cc(OCC=C(Br)Br)cc1Cl. The summed E-state index contributed by atoms with van der Waals surface area (Å²) >= 11 is 17.6. The van der Waals surface area contributed by atoms with Gasteiger partial charge in [0.15, 0.2) is 5.75 Å². The van der Waals surface area contributed by atoms with Gasteiger partial charge in [0.05, 0.1) is 13.4 Å². The van der Waals surface area contributed by atoms with E-state index < -0.39 is 18.3 Å². The lowest BCUT2D eigenvalue weighted by Gasteiger charge is -2.19. The van der Waals surface area contributed by atoms with E-state index in [1.807, 2.05) is 0 Å². The van der Waals surface area contributed by atoms with Crippen LogP contribution >= 0.6 is 55.1 Å². The highest BCUT2D eigenvalue weighted by Gasteiger charge is 2.44. The van der Waals surface area contributed by atoms with Crippen LogP contribution < -0.4 is 9.47 Å². The molecule has 1 aromatic carbocycles. The molecule has 0 amide bonds. The van der Waals surface area contributed by atoms with Crippen LogP contribution in [0.5, 0.6) is 11.5 Å². The average Bonchev–Trinajstić information content (AvgIpc) is 2.33. The van der Waals surface area contributed by atoms with Crippen LogP contribution in [0.15, 0.2) is 21.6 Å². The maximum atomic E-state index is 12.8. The molecule has 21 heavy (non-hydrogen) atoms. The first-order valence-electron chi connectivity index (χ1n) is 5.11. The Kier molecular flexibility index (Phi) is 7.09. The highest BCUT2D eigenvalue weighted by molar-refractivity contribution is 9.28. The molecule has 1 aromatic rings. The lowest BCUT2D eigenvalue weighted by molar-refractivity contribution is -0.253. The molecule has 1 rings (SSSR count). The number of hydrogen-bond acceptors (Lipinski definition) is 2. The van der Waals surface area contributed by atoms with Gasteiger partial charge < -0.3 is 9.47 Å². The largest absolute Gasteiger partial charge is 0.489 e. The topological polar surface area (TPSA) is 18.5 Å². The molecule has 0 atom stereocenters. The van der Waals surface area contributed by atoms with Gasteiger partial charge in [-0.25, -0.2) is 0 Å². The van der Waals surface area contributed by atoms with Gasteiger partial charge in [0.25, 0.3) is 0 Å². The van der Waals surface area contributed by atoms with E-state index in [4.69, 9.17) is 27.9 Å². The lowest BCUT2D eigenvalue weighted by atomic mass is 10.3. The van der Waals surface area contributed by atoms with Crippen LogP contribution in [0.1, 0.15) is 0 Å². The van der Waals surface area contributed by atoms with E-state index in [1.54, 1.807) is 6.08 Å². The summed E-state index contributed by atoms with van der Waals surface area (Å²) < 4.78 is 59.6. The van der Waals surface area contributed by atoms with Gasteiger partial charge in [-0.05, 0) is 37.9 Å². The van der Waals surface area contributed by atoms with Crippen molar-refractivity contribution in [2.24, 2.45) is 0 Å². The first-order valence-corrected chi connectivity index (χ1v) is 7.45. The van der Waals surface area contributed by atoms with Crippen LogP contribution in [-0.4, -0.2) is 19.1 Å². The summed E-state index contributed by atoms with van der Waals surface area (Å²) in [6.07, 6.45) is -7.10. The fourth-order valence-corrected chi connectivity index (χ4v) is 1.91. The van der Waals surface area contributed by atoms with Gasteiger partial charge >= 0.3 is 12.5 Å². The number of ether oxygens (including phenoxy) is 2. The highest BCUT2D eigenvalue weighted by Crippen LogP contribution is 2.40. The molecule has 0 aliphatic carbocycles. The van der Waals surface area contributed by atoms with Crippen LogP contribution in [0.25, 0.3) is 0 Å². The Morgan fingerprint density at radius 1 is 1.24 bits per heavy atom. The number of halogens is 8. The molecule has 0 aliphatic rings. The molecule has 0 N–H and O–H groups in total. The molecule has 0 saturated heterocycles. The normalized spacial score (nSPS) is 11.5. The van der Waals surface area contributed by atoms with Crippen molar-refractivity contribution in [3.05, 3.63) is 31.6 Å². The fourth-order valence-electron chi connectivity index (χ4n) is 1.10. The molecular formula is C11H6Br2Cl2F4O2. The first kappa shape index (κ1) is 18.9. The van der Waals surface area contributed by atoms with Crippen molar-refractivity contribution >= 4 is 55.1 Å². The van der Waals surface area contributed by atoms with Crippen LogP contribution in [0.2, 0.25) is 10.0 Å². The third-order valence-electron chi connectivity index (χ3n) is 1.95. The molecule has 0 unspecified atom stereocenters. The van der Waals surface area contributed by atoms with Crippen molar-refractivity contribution in [3.8, 4) is 11.5 Å². The highest BCUT2D eigenvalue weighted by atomic mass is 79.9. The van der Waals surface area contributed by atoms with E-state index in [2.05, 4.69) is 36.6 Å². The Hall–Kier alpha value is -0.180. The maximum absolute atomic E-state index is 12.8. The molecule has 0 heterocycles. The molecule has 118 valence electrons. The molecular weight excluding hydrogens is 471 g/mol. The summed E-state index contributed by atoms with van der Waals surface area (Å²) in [5.74, 6) is -0.580. The van der Waals surface area contributed by atoms with Crippen LogP contribution in [0.3, 0.4) is 0 Å². The molecule has 10 heteroatoms. The van der Waals surface area contributed by atoms with Gasteiger partial charge in [-0.3, -0.25) is 0 Å². The van der Waals surface area contributed by atoms with Crippen molar-refractivity contribution in [1.82, 2.24) is 0 Å². The quantitative estimate of drug-likeness (QED) is 0.452. The predicted octanol–water partition coefficient (Wildman–Crippen LogP) is 6.24. The third kappa shape index (κ3) is 5.84. The second-order valence-corrected chi connectivity index (χ2v) is 7.07. The van der Waals surface area contributed by atoms with Crippen LogP contribution in [0, 0.1) is 0 Å². The average molecular weight is 477 g/mol. The van der Waals surface area contributed by atoms with Gasteiger partial charge in [0, 0.05) is 12.1 Å². The molecule has 0 fully saturated rings. The Bertz CT molecular complexity index is 514. The molecule has 0 aromatic heterocycles. The Morgan fingerprint density at radius 3 is 2.19 bits per heavy atom. The summed E-state index contributed by atoms with van der Waals surface area (Å²) in [4.78, 5) is 0. The molecule has 0 aliphatic heterocycles. The monoisotopic (exact) mass is 474 g/mol. The zero-order valence-corrected chi connectivity index (χ0v) is 14.5. The van der Waals surface area contributed by atoms with Crippen molar-refractivity contribution in [2.75, 3.05) is 6.61 Å². The van der Waals surface area contributed by atoms with E-state index >= 15 is 0 Å². The van der Waals surface area contributed by atoms with Crippen LogP contribution in [-0.2, 0) is 0 Å². The standard InChI is InChI=1S/C11H6Br2Cl2F4O2/c12-8(13)1-2-20-5-3-6(14)9(7(15)4-5)21-11(18,19)10(16)17/h1,3-4,10H,2H2. The van der Waals surface area contributed by atoms with Gasteiger partial charge in [0.1, 0.15) is 12.4 Å². The Labute approximate surface area is 144 Å². The second kappa shape index (κ2) is 7.89. The molecule has 0 radical (unpaired) electrons. The molecule has 0 saturated carbocycles. The van der Waals surface area contributed by atoms with Crippen molar-refractivity contribution in [3.63, 3.8) is 0 Å². The first-order chi connectivity index (χ1) is 9.63. The predicted molar refractivity (Wildman–Crippen MR) is 79.5 cm³/mol. The molecule has 0 spiro atoms. The smallest absolute Gasteiger partial charge is 0.461 e. The number of alkyl halides is 4. The van der Waals surface area contributed by atoms with E-state index in [1.165, 1.54) is 0 Å². The summed E-state index contributed by atoms with van der Waals surface area (Å²) in [6.45, 7) is 0.131. The Balaban J connectivity index is 2.93. The number of rotatable bonds is 6. The van der Waals surface area contributed by atoms with Crippen LogP contribution in [0.4, 0.5) is 17.6 Å². The number of benzene rings is 1. The molecule has 2 nitrogen and oxygen atoms in total. The van der Waals surface area contributed by atoms with Crippen molar-refractivity contribution < 1.29 is 27.0 Å². The summed E-state index contributed by atoms with van der Waals surface area (Å²) in [5, 5.41) is -0.751. The number of hydrogen-bond donors (Lipinski definition) is 0. The lowest BCUT2D eigenvalue weighted by Crippen LogP contribution is -2.33.